The Kier molecular flexibility index (Phi) is 4.65. The fraction of sp³-hybridized carbons (Fsp3) is 0.182. The van der Waals surface area contributed by atoms with Crippen LogP contribution in [-0.2, 0) is 5.88 Å². The zero-order valence-corrected chi connectivity index (χ0v) is 10.3. The average molecular weight is 259 g/mol. The third-order valence-electron chi connectivity index (χ3n) is 2.14. The summed E-state index contributed by atoms with van der Waals surface area (Å²) in [7, 11) is 1.65. The maximum atomic E-state index is 5.69. The molecule has 1 aromatic carbocycles. The number of benzene rings is 1. The van der Waals surface area contributed by atoms with E-state index in [9.17, 15) is 0 Å². The van der Waals surface area contributed by atoms with Crippen molar-refractivity contribution < 1.29 is 4.74 Å². The largest absolute Gasteiger partial charge is 0.497 e. The van der Waals surface area contributed by atoms with Crippen LogP contribution >= 0.6 is 24.0 Å². The lowest BCUT2D eigenvalue weighted by Crippen LogP contribution is -1.83. The first-order valence-electron chi connectivity index (χ1n) is 4.58. The van der Waals surface area contributed by atoms with Crippen molar-refractivity contribution >= 4 is 24.0 Å². The lowest BCUT2D eigenvalue weighted by molar-refractivity contribution is 0.415. The highest BCUT2D eigenvalue weighted by Crippen LogP contribution is 2.22. The Balaban J connectivity index is 0.00000128. The average Bonchev–Trinajstić information content (AvgIpc) is 2.78. The molecule has 2 aromatic rings. The van der Waals surface area contributed by atoms with E-state index in [2.05, 4.69) is 10.2 Å². The van der Waals surface area contributed by atoms with Crippen LogP contribution in [0.2, 0.25) is 0 Å². The van der Waals surface area contributed by atoms with Gasteiger partial charge in [0, 0.05) is 5.56 Å². The van der Waals surface area contributed by atoms with E-state index >= 15 is 0 Å². The summed E-state index contributed by atoms with van der Waals surface area (Å²) >= 11 is 5.69. The number of ether oxygens (including phenoxy) is 1. The normalized spacial score (nSPS) is 9.62. The number of nitrogens with zero attached hydrogens (tertiary/aromatic N) is 1. The molecule has 0 radical (unpaired) electrons. The van der Waals surface area contributed by atoms with E-state index in [1.165, 1.54) is 0 Å². The number of halogens is 2. The maximum Gasteiger partial charge on any atom is 0.119 e. The summed E-state index contributed by atoms with van der Waals surface area (Å²) in [4.78, 5) is 0. The van der Waals surface area contributed by atoms with Crippen LogP contribution in [0.4, 0.5) is 0 Å². The number of aromatic amines is 1. The summed E-state index contributed by atoms with van der Waals surface area (Å²) in [6, 6.07) is 9.69. The van der Waals surface area contributed by atoms with Crippen molar-refractivity contribution in [2.75, 3.05) is 7.11 Å². The third kappa shape index (κ3) is 2.68. The zero-order chi connectivity index (χ0) is 10.7. The van der Waals surface area contributed by atoms with Gasteiger partial charge in [0.25, 0.3) is 0 Å². The molecule has 3 nitrogen and oxygen atoms in total. The van der Waals surface area contributed by atoms with Crippen LogP contribution in [0.25, 0.3) is 11.3 Å². The highest BCUT2D eigenvalue weighted by atomic mass is 35.5. The van der Waals surface area contributed by atoms with Gasteiger partial charge in [-0.2, -0.15) is 5.10 Å². The minimum atomic E-state index is 0. The molecular formula is C11H12Cl2N2O. The van der Waals surface area contributed by atoms with Crippen LogP contribution in [0.15, 0.2) is 30.3 Å². The first-order valence-corrected chi connectivity index (χ1v) is 5.11. The lowest BCUT2D eigenvalue weighted by Gasteiger charge is -2.00. The minimum Gasteiger partial charge on any atom is -0.497 e. The molecule has 16 heavy (non-hydrogen) atoms. The van der Waals surface area contributed by atoms with Gasteiger partial charge in [0.05, 0.1) is 24.4 Å². The lowest BCUT2D eigenvalue weighted by atomic mass is 10.1. The molecule has 1 heterocycles. The van der Waals surface area contributed by atoms with Crippen molar-refractivity contribution in [3.8, 4) is 17.0 Å². The third-order valence-corrected chi connectivity index (χ3v) is 2.43. The second kappa shape index (κ2) is 5.77. The molecule has 0 fully saturated rings. The molecular weight excluding hydrogens is 247 g/mol. The Morgan fingerprint density at radius 2 is 2.19 bits per heavy atom. The Morgan fingerprint density at radius 3 is 2.81 bits per heavy atom. The van der Waals surface area contributed by atoms with Crippen LogP contribution in [0.1, 0.15) is 5.69 Å². The molecule has 0 bridgehead atoms. The van der Waals surface area contributed by atoms with Crippen molar-refractivity contribution in [3.05, 3.63) is 36.0 Å². The van der Waals surface area contributed by atoms with Crippen LogP contribution < -0.4 is 4.74 Å². The van der Waals surface area contributed by atoms with E-state index < -0.39 is 0 Å². The van der Waals surface area contributed by atoms with E-state index in [0.717, 1.165) is 22.7 Å². The smallest absolute Gasteiger partial charge is 0.119 e. The molecule has 0 aliphatic heterocycles. The van der Waals surface area contributed by atoms with Gasteiger partial charge in [0.15, 0.2) is 0 Å². The van der Waals surface area contributed by atoms with Gasteiger partial charge in [0.1, 0.15) is 5.75 Å². The predicted octanol–water partition coefficient (Wildman–Crippen LogP) is 3.25. The molecule has 1 aromatic heterocycles. The molecule has 1 N–H and O–H groups in total. The number of hydrogen-bond donors (Lipinski definition) is 1. The monoisotopic (exact) mass is 258 g/mol. The molecule has 0 spiro atoms. The van der Waals surface area contributed by atoms with Crippen LogP contribution in [0.5, 0.6) is 5.75 Å². The summed E-state index contributed by atoms with van der Waals surface area (Å²) < 4.78 is 5.15. The van der Waals surface area contributed by atoms with Gasteiger partial charge < -0.3 is 4.74 Å². The number of rotatable bonds is 3. The van der Waals surface area contributed by atoms with Gasteiger partial charge in [-0.05, 0) is 18.2 Å². The fourth-order valence-electron chi connectivity index (χ4n) is 1.36. The molecule has 0 unspecified atom stereocenters. The second-order valence-corrected chi connectivity index (χ2v) is 3.41. The first kappa shape index (κ1) is 12.9. The van der Waals surface area contributed by atoms with Gasteiger partial charge in [0.2, 0.25) is 0 Å². The van der Waals surface area contributed by atoms with Crippen LogP contribution in [0, 0.1) is 0 Å². The van der Waals surface area contributed by atoms with Gasteiger partial charge >= 0.3 is 0 Å². The number of alkyl halides is 1. The fourth-order valence-corrected chi connectivity index (χ4v) is 1.50. The van der Waals surface area contributed by atoms with Crippen molar-refractivity contribution in [1.82, 2.24) is 10.2 Å². The van der Waals surface area contributed by atoms with E-state index in [1.54, 1.807) is 7.11 Å². The molecule has 0 amide bonds. The summed E-state index contributed by atoms with van der Waals surface area (Å²) in [6.45, 7) is 0. The molecule has 0 aliphatic carbocycles. The predicted molar refractivity (Wildman–Crippen MR) is 67.4 cm³/mol. The SMILES string of the molecule is COc1cccc(-c2cc(CCl)[nH]n2)c1.Cl. The standard InChI is InChI=1S/C11H11ClN2O.ClH/c1-15-10-4-2-3-8(5-10)11-6-9(7-12)13-14-11;/h2-6H,7H2,1H3,(H,13,14);1H. The molecule has 0 atom stereocenters. The summed E-state index contributed by atoms with van der Waals surface area (Å²) in [5.74, 6) is 1.26. The van der Waals surface area contributed by atoms with Crippen molar-refractivity contribution in [1.29, 1.82) is 0 Å². The Bertz CT molecular complexity index is 457. The minimum absolute atomic E-state index is 0. The van der Waals surface area contributed by atoms with Crippen molar-refractivity contribution in [2.45, 2.75) is 5.88 Å². The maximum absolute atomic E-state index is 5.69. The van der Waals surface area contributed by atoms with Gasteiger partial charge in [-0.15, -0.1) is 24.0 Å². The van der Waals surface area contributed by atoms with Gasteiger partial charge in [-0.25, -0.2) is 0 Å². The van der Waals surface area contributed by atoms with Gasteiger partial charge in [-0.3, -0.25) is 5.10 Å². The molecule has 0 saturated heterocycles. The molecule has 0 aliphatic rings. The van der Waals surface area contributed by atoms with E-state index in [1.807, 2.05) is 30.3 Å². The van der Waals surface area contributed by atoms with E-state index in [0.29, 0.717) is 5.88 Å². The number of nitrogens with one attached hydrogen (secondary N) is 1. The first-order chi connectivity index (χ1) is 7.33. The summed E-state index contributed by atoms with van der Waals surface area (Å²) in [6.07, 6.45) is 0. The zero-order valence-electron chi connectivity index (χ0n) is 8.74. The Morgan fingerprint density at radius 1 is 1.38 bits per heavy atom. The molecule has 2 rings (SSSR count). The number of aromatic nitrogens is 2. The molecule has 0 saturated carbocycles. The summed E-state index contributed by atoms with van der Waals surface area (Å²) in [5, 5.41) is 7.04. The van der Waals surface area contributed by atoms with Crippen LogP contribution in [-0.4, -0.2) is 17.3 Å². The quantitative estimate of drug-likeness (QED) is 0.859. The number of H-pyrrole nitrogens is 1. The Labute approximate surface area is 105 Å². The topological polar surface area (TPSA) is 37.9 Å². The molecule has 5 heteroatoms. The Hall–Kier alpha value is -1.19. The summed E-state index contributed by atoms with van der Waals surface area (Å²) in [5.41, 5.74) is 2.81. The number of methoxy groups -OCH3 is 1. The van der Waals surface area contributed by atoms with E-state index in [4.69, 9.17) is 16.3 Å². The van der Waals surface area contributed by atoms with Crippen LogP contribution in [0.3, 0.4) is 0 Å². The van der Waals surface area contributed by atoms with Gasteiger partial charge in [-0.1, -0.05) is 12.1 Å². The van der Waals surface area contributed by atoms with Crippen molar-refractivity contribution in [3.63, 3.8) is 0 Å². The second-order valence-electron chi connectivity index (χ2n) is 3.14. The van der Waals surface area contributed by atoms with Crippen molar-refractivity contribution in [2.24, 2.45) is 0 Å². The number of hydrogen-bond acceptors (Lipinski definition) is 2. The highest BCUT2D eigenvalue weighted by Gasteiger charge is 2.03. The van der Waals surface area contributed by atoms with E-state index in [-0.39, 0.29) is 12.4 Å². The highest BCUT2D eigenvalue weighted by molar-refractivity contribution is 6.16. The molecule has 86 valence electrons.